The summed E-state index contributed by atoms with van der Waals surface area (Å²) >= 11 is 11.2. The maximum Gasteiger partial charge on any atom is 0.252 e. The van der Waals surface area contributed by atoms with Gasteiger partial charge in [-0.2, -0.15) is 0 Å². The number of halogens is 2. The number of primary amides is 2. The van der Waals surface area contributed by atoms with Gasteiger partial charge in [0.1, 0.15) is 11.5 Å². The molecule has 0 saturated heterocycles. The van der Waals surface area contributed by atoms with E-state index in [1.165, 1.54) is 24.3 Å². The summed E-state index contributed by atoms with van der Waals surface area (Å²) in [6.07, 6.45) is 0. The first-order valence-corrected chi connectivity index (χ1v) is 7.52. The van der Waals surface area contributed by atoms with Crippen molar-refractivity contribution in [3.63, 3.8) is 0 Å². The zero-order chi connectivity index (χ0) is 18.3. The maximum atomic E-state index is 10.9. The highest BCUT2D eigenvalue weighted by Crippen LogP contribution is 2.22. The van der Waals surface area contributed by atoms with Gasteiger partial charge in [-0.1, -0.05) is 23.2 Å². The normalized spacial score (nSPS) is 9.62. The lowest BCUT2D eigenvalue weighted by Crippen LogP contribution is -2.13. The summed E-state index contributed by atoms with van der Waals surface area (Å²) in [5, 5.41) is 9.89. The van der Waals surface area contributed by atoms with Crippen LogP contribution in [0.3, 0.4) is 0 Å². The second-order valence-electron chi connectivity index (χ2n) is 4.46. The molecule has 0 aliphatic rings. The fraction of sp³-hybridized carbons (Fsp3) is 0.125. The SMILES string of the molecule is CCOc1ccc(Cl)cc1C(N)=O.NC(=O)c1cc(Cl)ccc1O. The lowest BCUT2D eigenvalue weighted by molar-refractivity contribution is 0.0988. The number of ether oxygens (including phenoxy) is 1. The Morgan fingerprint density at radius 2 is 1.50 bits per heavy atom. The summed E-state index contributed by atoms with van der Waals surface area (Å²) < 4.78 is 5.19. The van der Waals surface area contributed by atoms with E-state index >= 15 is 0 Å². The molecule has 0 fully saturated rings. The number of nitrogens with two attached hydrogens (primary N) is 2. The molecule has 2 aromatic rings. The Hall–Kier alpha value is -2.44. The summed E-state index contributed by atoms with van der Waals surface area (Å²) in [5.74, 6) is -0.905. The molecule has 2 amide bonds. The van der Waals surface area contributed by atoms with Crippen molar-refractivity contribution >= 4 is 35.0 Å². The molecule has 2 rings (SSSR count). The van der Waals surface area contributed by atoms with Gasteiger partial charge in [-0.25, -0.2) is 0 Å². The first kappa shape index (κ1) is 19.6. The Balaban J connectivity index is 0.000000243. The quantitative estimate of drug-likeness (QED) is 0.766. The van der Waals surface area contributed by atoms with Crippen molar-refractivity contribution < 1.29 is 19.4 Å². The Bertz CT molecular complexity index is 751. The van der Waals surface area contributed by atoms with Gasteiger partial charge in [0.15, 0.2) is 0 Å². The Morgan fingerprint density at radius 1 is 1.00 bits per heavy atom. The molecule has 0 spiro atoms. The number of phenols is 1. The van der Waals surface area contributed by atoms with E-state index in [2.05, 4.69) is 0 Å². The zero-order valence-corrected chi connectivity index (χ0v) is 14.3. The number of carbonyl (C=O) groups is 2. The minimum atomic E-state index is -0.690. The number of hydrogen-bond donors (Lipinski definition) is 3. The van der Waals surface area contributed by atoms with Crippen molar-refractivity contribution in [1.29, 1.82) is 0 Å². The summed E-state index contributed by atoms with van der Waals surface area (Å²) in [6, 6.07) is 8.89. The van der Waals surface area contributed by atoms with E-state index in [4.69, 9.17) is 44.5 Å². The number of hydrogen-bond acceptors (Lipinski definition) is 4. The van der Waals surface area contributed by atoms with Crippen molar-refractivity contribution in [2.45, 2.75) is 6.92 Å². The van der Waals surface area contributed by atoms with Crippen LogP contribution in [0.1, 0.15) is 27.6 Å². The lowest BCUT2D eigenvalue weighted by atomic mass is 10.2. The van der Waals surface area contributed by atoms with Crippen LogP contribution in [-0.2, 0) is 0 Å². The second kappa shape index (κ2) is 9.00. The first-order valence-electron chi connectivity index (χ1n) is 6.76. The van der Waals surface area contributed by atoms with Crippen LogP contribution in [0.25, 0.3) is 0 Å². The topological polar surface area (TPSA) is 116 Å². The molecule has 6 nitrogen and oxygen atoms in total. The fourth-order valence-electron chi connectivity index (χ4n) is 1.68. The number of benzene rings is 2. The number of amides is 2. The minimum Gasteiger partial charge on any atom is -0.507 e. The molecule has 128 valence electrons. The van der Waals surface area contributed by atoms with Gasteiger partial charge in [0.05, 0.1) is 17.7 Å². The van der Waals surface area contributed by atoms with Gasteiger partial charge in [0.2, 0.25) is 0 Å². The molecule has 24 heavy (non-hydrogen) atoms. The molecule has 0 bridgehead atoms. The van der Waals surface area contributed by atoms with Gasteiger partial charge in [-0.15, -0.1) is 0 Å². The van der Waals surface area contributed by atoms with Crippen molar-refractivity contribution in [3.8, 4) is 11.5 Å². The monoisotopic (exact) mass is 370 g/mol. The second-order valence-corrected chi connectivity index (χ2v) is 5.34. The molecule has 2 aromatic carbocycles. The molecule has 0 heterocycles. The van der Waals surface area contributed by atoms with Crippen LogP contribution in [0.4, 0.5) is 0 Å². The van der Waals surface area contributed by atoms with Crippen LogP contribution < -0.4 is 16.2 Å². The standard InChI is InChI=1S/C9H10ClNO2.C7H6ClNO2/c1-2-13-8-4-3-6(10)5-7(8)9(11)12;8-4-1-2-6(10)5(3-4)7(9)11/h3-5H,2H2,1H3,(H2,11,12);1-3,10H,(H2,9,11). The van der Waals surface area contributed by atoms with Crippen molar-refractivity contribution in [3.05, 3.63) is 57.6 Å². The van der Waals surface area contributed by atoms with Crippen molar-refractivity contribution in [1.82, 2.24) is 0 Å². The third kappa shape index (κ3) is 5.64. The number of aromatic hydroxyl groups is 1. The van der Waals surface area contributed by atoms with Crippen LogP contribution in [0.2, 0.25) is 10.0 Å². The van der Waals surface area contributed by atoms with E-state index in [-0.39, 0.29) is 11.3 Å². The van der Waals surface area contributed by atoms with Gasteiger partial charge in [-0.3, -0.25) is 9.59 Å². The van der Waals surface area contributed by atoms with Gasteiger partial charge in [0.25, 0.3) is 11.8 Å². The zero-order valence-electron chi connectivity index (χ0n) is 12.8. The summed E-state index contributed by atoms with van der Waals surface area (Å²) in [6.45, 7) is 2.32. The molecule has 0 saturated carbocycles. The summed E-state index contributed by atoms with van der Waals surface area (Å²) in [5.41, 5.74) is 10.4. The number of carbonyl (C=O) groups excluding carboxylic acids is 2. The molecule has 0 atom stereocenters. The van der Waals surface area contributed by atoms with Crippen LogP contribution in [-0.4, -0.2) is 23.5 Å². The van der Waals surface area contributed by atoms with Crippen molar-refractivity contribution in [2.75, 3.05) is 6.61 Å². The predicted molar refractivity (Wildman–Crippen MR) is 92.8 cm³/mol. The third-order valence-corrected chi connectivity index (χ3v) is 3.20. The predicted octanol–water partition coefficient (Wildman–Crippen LogP) is 2.98. The van der Waals surface area contributed by atoms with Gasteiger partial charge < -0.3 is 21.3 Å². The largest absolute Gasteiger partial charge is 0.507 e. The van der Waals surface area contributed by atoms with E-state index in [1.54, 1.807) is 12.1 Å². The molecule has 8 heteroatoms. The summed E-state index contributed by atoms with van der Waals surface area (Å²) in [7, 11) is 0. The third-order valence-electron chi connectivity index (χ3n) is 2.73. The Labute approximate surface area is 148 Å². The highest BCUT2D eigenvalue weighted by atomic mass is 35.5. The van der Waals surface area contributed by atoms with E-state index in [0.717, 1.165) is 0 Å². The van der Waals surface area contributed by atoms with Crippen LogP contribution in [0, 0.1) is 0 Å². The van der Waals surface area contributed by atoms with Gasteiger partial charge >= 0.3 is 0 Å². The van der Waals surface area contributed by atoms with Crippen LogP contribution >= 0.6 is 23.2 Å². The smallest absolute Gasteiger partial charge is 0.252 e. The number of rotatable bonds is 4. The molecule has 0 unspecified atom stereocenters. The van der Waals surface area contributed by atoms with Gasteiger partial charge in [0, 0.05) is 10.0 Å². The average Bonchev–Trinajstić information content (AvgIpc) is 2.52. The van der Waals surface area contributed by atoms with E-state index in [0.29, 0.717) is 28.0 Å². The molecule has 0 aromatic heterocycles. The maximum absolute atomic E-state index is 10.9. The molecule has 5 N–H and O–H groups in total. The van der Waals surface area contributed by atoms with Crippen LogP contribution in [0.5, 0.6) is 11.5 Å². The fourth-order valence-corrected chi connectivity index (χ4v) is 2.03. The highest BCUT2D eigenvalue weighted by molar-refractivity contribution is 6.31. The first-order chi connectivity index (χ1) is 11.3. The minimum absolute atomic E-state index is 0.0394. The van der Waals surface area contributed by atoms with E-state index in [1.807, 2.05) is 6.92 Å². The molecular weight excluding hydrogens is 355 g/mol. The molecular formula is C16H16Cl2N2O4. The Morgan fingerprint density at radius 3 is 1.96 bits per heavy atom. The van der Waals surface area contributed by atoms with Crippen LogP contribution in [0.15, 0.2) is 36.4 Å². The molecule has 0 aliphatic heterocycles. The Kier molecular flexibility index (Phi) is 7.35. The summed E-state index contributed by atoms with van der Waals surface area (Å²) in [4.78, 5) is 21.5. The average molecular weight is 371 g/mol. The van der Waals surface area contributed by atoms with Crippen molar-refractivity contribution in [2.24, 2.45) is 11.5 Å². The van der Waals surface area contributed by atoms with Gasteiger partial charge in [-0.05, 0) is 43.3 Å². The highest BCUT2D eigenvalue weighted by Gasteiger charge is 2.09. The molecule has 0 aliphatic carbocycles. The van der Waals surface area contributed by atoms with E-state index < -0.39 is 11.8 Å². The molecule has 0 radical (unpaired) electrons. The lowest BCUT2D eigenvalue weighted by Gasteiger charge is -2.07. The van der Waals surface area contributed by atoms with E-state index in [9.17, 15) is 9.59 Å².